The van der Waals surface area contributed by atoms with Gasteiger partial charge < -0.3 is 9.84 Å². The van der Waals surface area contributed by atoms with Crippen LogP contribution in [0.4, 0.5) is 0 Å². The van der Waals surface area contributed by atoms with Gasteiger partial charge in [-0.05, 0) is 29.7 Å². The predicted octanol–water partition coefficient (Wildman–Crippen LogP) is 0.419. The molecule has 0 bridgehead atoms. The van der Waals surface area contributed by atoms with Gasteiger partial charge in [-0.25, -0.2) is 4.68 Å². The van der Waals surface area contributed by atoms with Crippen molar-refractivity contribution >= 4 is 17.7 Å². The molecule has 1 saturated heterocycles. The summed E-state index contributed by atoms with van der Waals surface area (Å²) in [6.45, 7) is 1.37. The van der Waals surface area contributed by atoms with Crippen LogP contribution in [0, 0.1) is 0 Å². The van der Waals surface area contributed by atoms with Gasteiger partial charge in [0.15, 0.2) is 0 Å². The molecule has 7 nitrogen and oxygen atoms in total. The lowest BCUT2D eigenvalue weighted by Crippen LogP contribution is -2.25. The summed E-state index contributed by atoms with van der Waals surface area (Å²) >= 11 is 1.12. The third-order valence-corrected chi connectivity index (χ3v) is 3.42. The Balaban J connectivity index is 1.91. The van der Waals surface area contributed by atoms with E-state index >= 15 is 0 Å². The van der Waals surface area contributed by atoms with Crippen molar-refractivity contribution in [2.45, 2.75) is 37.1 Å². The maximum absolute atomic E-state index is 10.5. The third-order valence-electron chi connectivity index (χ3n) is 2.47. The highest BCUT2D eigenvalue weighted by Crippen LogP contribution is 2.18. The minimum Gasteiger partial charge on any atom is -0.481 e. The van der Waals surface area contributed by atoms with Crippen molar-refractivity contribution in [3.63, 3.8) is 0 Å². The number of hydrogen-bond donors (Lipinski definition) is 1. The van der Waals surface area contributed by atoms with Crippen LogP contribution < -0.4 is 0 Å². The molecule has 1 aliphatic heterocycles. The van der Waals surface area contributed by atoms with Gasteiger partial charge in [0.1, 0.15) is 0 Å². The monoisotopic (exact) mass is 258 g/mol. The standard InChI is InChI=1S/C9H14N4O3S/c14-8(15)6-17-9-10-11-12-13(9)5-7-3-1-2-4-16-7/h7H,1-6H2,(H,14,15). The number of ether oxygens (including phenoxy) is 1. The molecule has 0 aromatic carbocycles. The zero-order chi connectivity index (χ0) is 12.1. The lowest BCUT2D eigenvalue weighted by Gasteiger charge is -2.22. The second-order valence-electron chi connectivity index (χ2n) is 3.81. The summed E-state index contributed by atoms with van der Waals surface area (Å²) in [5, 5.41) is 20.3. The molecule has 1 fully saturated rings. The molecule has 0 saturated carbocycles. The third kappa shape index (κ3) is 3.67. The van der Waals surface area contributed by atoms with Gasteiger partial charge in [-0.2, -0.15) is 0 Å². The molecular weight excluding hydrogens is 244 g/mol. The van der Waals surface area contributed by atoms with E-state index in [1.165, 1.54) is 0 Å². The normalized spacial score (nSPS) is 20.4. The first kappa shape index (κ1) is 12.3. The molecule has 2 rings (SSSR count). The van der Waals surface area contributed by atoms with E-state index in [0.29, 0.717) is 11.7 Å². The summed E-state index contributed by atoms with van der Waals surface area (Å²) in [6.07, 6.45) is 3.40. The zero-order valence-corrected chi connectivity index (χ0v) is 10.1. The molecule has 1 unspecified atom stereocenters. The summed E-state index contributed by atoms with van der Waals surface area (Å²) in [6, 6.07) is 0. The summed E-state index contributed by atoms with van der Waals surface area (Å²) in [7, 11) is 0. The number of carboxylic acid groups (broad SMARTS) is 1. The second kappa shape index (κ2) is 5.97. The number of tetrazole rings is 1. The molecule has 17 heavy (non-hydrogen) atoms. The summed E-state index contributed by atoms with van der Waals surface area (Å²) < 4.78 is 7.20. The Labute approximate surface area is 103 Å². The fourth-order valence-corrected chi connectivity index (χ4v) is 2.29. The maximum Gasteiger partial charge on any atom is 0.313 e. The number of rotatable bonds is 5. The van der Waals surface area contributed by atoms with Crippen molar-refractivity contribution in [2.24, 2.45) is 0 Å². The second-order valence-corrected chi connectivity index (χ2v) is 4.76. The Morgan fingerprint density at radius 3 is 3.18 bits per heavy atom. The van der Waals surface area contributed by atoms with Gasteiger partial charge >= 0.3 is 5.97 Å². The lowest BCUT2D eigenvalue weighted by molar-refractivity contribution is -0.133. The fraction of sp³-hybridized carbons (Fsp3) is 0.778. The van der Waals surface area contributed by atoms with Crippen LogP contribution in [0.1, 0.15) is 19.3 Å². The maximum atomic E-state index is 10.5. The first-order valence-corrected chi connectivity index (χ1v) is 6.46. The molecule has 2 heterocycles. The molecule has 0 amide bonds. The highest BCUT2D eigenvalue weighted by molar-refractivity contribution is 7.99. The van der Waals surface area contributed by atoms with E-state index in [2.05, 4.69) is 15.5 Å². The van der Waals surface area contributed by atoms with E-state index in [1.807, 2.05) is 0 Å². The van der Waals surface area contributed by atoms with Gasteiger partial charge in [0, 0.05) is 6.61 Å². The van der Waals surface area contributed by atoms with E-state index in [0.717, 1.165) is 37.6 Å². The van der Waals surface area contributed by atoms with Crippen molar-refractivity contribution in [1.82, 2.24) is 20.2 Å². The summed E-state index contributed by atoms with van der Waals surface area (Å²) in [4.78, 5) is 10.5. The highest BCUT2D eigenvalue weighted by atomic mass is 32.2. The number of thioether (sulfide) groups is 1. The first-order chi connectivity index (χ1) is 8.25. The van der Waals surface area contributed by atoms with E-state index in [9.17, 15) is 4.79 Å². The van der Waals surface area contributed by atoms with Crippen LogP contribution in [0.15, 0.2) is 5.16 Å². The Kier molecular flexibility index (Phi) is 4.32. The van der Waals surface area contributed by atoms with Gasteiger partial charge in [0.05, 0.1) is 18.4 Å². The molecule has 1 aromatic heterocycles. The average molecular weight is 258 g/mol. The quantitative estimate of drug-likeness (QED) is 0.765. The van der Waals surface area contributed by atoms with Crippen LogP contribution >= 0.6 is 11.8 Å². The van der Waals surface area contributed by atoms with Crippen molar-refractivity contribution in [3.8, 4) is 0 Å². The molecule has 0 aliphatic carbocycles. The molecule has 0 radical (unpaired) electrons. The lowest BCUT2D eigenvalue weighted by atomic mass is 10.1. The number of aromatic nitrogens is 4. The van der Waals surface area contributed by atoms with Crippen LogP contribution in [0.2, 0.25) is 0 Å². The van der Waals surface area contributed by atoms with Gasteiger partial charge in [-0.3, -0.25) is 4.79 Å². The molecule has 0 spiro atoms. The van der Waals surface area contributed by atoms with Crippen LogP contribution in [-0.4, -0.2) is 49.7 Å². The van der Waals surface area contributed by atoms with E-state index < -0.39 is 5.97 Å². The van der Waals surface area contributed by atoms with Gasteiger partial charge in [0.2, 0.25) is 5.16 Å². The molecular formula is C9H14N4O3S. The van der Waals surface area contributed by atoms with Crippen LogP contribution in [0.5, 0.6) is 0 Å². The highest BCUT2D eigenvalue weighted by Gasteiger charge is 2.17. The molecule has 1 atom stereocenters. The Bertz CT molecular complexity index is 378. The first-order valence-electron chi connectivity index (χ1n) is 5.48. The largest absolute Gasteiger partial charge is 0.481 e. The van der Waals surface area contributed by atoms with E-state index in [-0.39, 0.29) is 11.9 Å². The van der Waals surface area contributed by atoms with E-state index in [1.54, 1.807) is 4.68 Å². The van der Waals surface area contributed by atoms with E-state index in [4.69, 9.17) is 9.84 Å². The van der Waals surface area contributed by atoms with Crippen LogP contribution in [0.25, 0.3) is 0 Å². The SMILES string of the molecule is O=C(O)CSc1nnnn1CC1CCCCO1. The van der Waals surface area contributed by atoms with Gasteiger partial charge in [-0.1, -0.05) is 11.8 Å². The number of hydrogen-bond acceptors (Lipinski definition) is 6. The van der Waals surface area contributed by atoms with Gasteiger partial charge in [-0.15, -0.1) is 5.10 Å². The molecule has 1 aromatic rings. The summed E-state index contributed by atoms with van der Waals surface area (Å²) in [5.41, 5.74) is 0. The topological polar surface area (TPSA) is 90.1 Å². The minimum absolute atomic E-state index is 0.0358. The molecule has 8 heteroatoms. The van der Waals surface area contributed by atoms with Crippen LogP contribution in [0.3, 0.4) is 0 Å². The Morgan fingerprint density at radius 2 is 2.47 bits per heavy atom. The number of aliphatic carboxylic acids is 1. The van der Waals surface area contributed by atoms with Gasteiger partial charge in [0.25, 0.3) is 0 Å². The Morgan fingerprint density at radius 1 is 1.59 bits per heavy atom. The fourth-order valence-electron chi connectivity index (χ4n) is 1.68. The van der Waals surface area contributed by atoms with Crippen molar-refractivity contribution in [1.29, 1.82) is 0 Å². The minimum atomic E-state index is -0.876. The van der Waals surface area contributed by atoms with Crippen molar-refractivity contribution in [2.75, 3.05) is 12.4 Å². The average Bonchev–Trinajstić information content (AvgIpc) is 2.75. The Hall–Kier alpha value is -1.15. The van der Waals surface area contributed by atoms with Crippen molar-refractivity contribution < 1.29 is 14.6 Å². The molecule has 1 aliphatic rings. The number of carboxylic acids is 1. The van der Waals surface area contributed by atoms with Crippen molar-refractivity contribution in [3.05, 3.63) is 0 Å². The molecule has 94 valence electrons. The van der Waals surface area contributed by atoms with Crippen LogP contribution in [-0.2, 0) is 16.1 Å². The summed E-state index contributed by atoms with van der Waals surface area (Å²) in [5.74, 6) is -0.912. The molecule has 1 N–H and O–H groups in total. The number of nitrogens with zero attached hydrogens (tertiary/aromatic N) is 4. The number of carbonyl (C=O) groups is 1. The smallest absolute Gasteiger partial charge is 0.313 e. The predicted molar refractivity (Wildman–Crippen MR) is 59.8 cm³/mol. The zero-order valence-electron chi connectivity index (χ0n) is 9.28.